The molecule has 27 heavy (non-hydrogen) atoms. The van der Waals surface area contributed by atoms with Gasteiger partial charge in [-0.1, -0.05) is 49.6 Å². The number of hydrogen-bond acceptors (Lipinski definition) is 5. The topological polar surface area (TPSA) is 58.3 Å². The average molecular weight is 385 g/mol. The number of hydrogen-bond donors (Lipinski definition) is 0. The number of Topliss-reactive ketones (excluding diaryl/α,β-unsaturated/α-hetero) is 1. The Bertz CT molecular complexity index is 901. The minimum absolute atomic E-state index is 0.0240. The van der Waals surface area contributed by atoms with E-state index in [1.807, 2.05) is 22.9 Å². The van der Waals surface area contributed by atoms with Crippen molar-refractivity contribution in [2.45, 2.75) is 63.0 Å². The molecular weight excluding hydrogens is 362 g/mol. The third kappa shape index (κ3) is 2.98. The Morgan fingerprint density at radius 1 is 1.11 bits per heavy atom. The monoisotopic (exact) mass is 385 g/mol. The number of aromatic nitrogens is 3. The molecule has 2 aromatic rings. The molecule has 0 radical (unpaired) electrons. The van der Waals surface area contributed by atoms with Crippen LogP contribution in [0.4, 0.5) is 0 Å². The van der Waals surface area contributed by atoms with Gasteiger partial charge in [-0.25, -0.2) is 4.68 Å². The van der Waals surface area contributed by atoms with E-state index in [0.717, 1.165) is 24.2 Å². The van der Waals surface area contributed by atoms with E-state index in [2.05, 4.69) is 16.7 Å². The predicted molar refractivity (Wildman–Crippen MR) is 102 cm³/mol. The summed E-state index contributed by atoms with van der Waals surface area (Å²) in [5.41, 5.74) is 1.05. The maximum Gasteiger partial charge on any atom is 0.218 e. The fourth-order valence-corrected chi connectivity index (χ4v) is 4.94. The molecule has 0 spiro atoms. The maximum atomic E-state index is 12.3. The Labute approximate surface area is 163 Å². The van der Waals surface area contributed by atoms with Crippen LogP contribution < -0.4 is 0 Å². The van der Waals surface area contributed by atoms with Crippen molar-refractivity contribution in [2.24, 2.45) is 0 Å². The maximum absolute atomic E-state index is 12.3. The molecule has 7 heteroatoms. The second kappa shape index (κ2) is 6.96. The number of rotatable bonds is 3. The van der Waals surface area contributed by atoms with E-state index in [1.165, 1.54) is 19.3 Å². The third-order valence-corrected chi connectivity index (χ3v) is 6.32. The van der Waals surface area contributed by atoms with Crippen molar-refractivity contribution in [2.75, 3.05) is 6.61 Å². The lowest BCUT2D eigenvalue weighted by Crippen LogP contribution is -2.37. The quantitative estimate of drug-likeness (QED) is 0.752. The minimum atomic E-state index is -0.700. The Morgan fingerprint density at radius 3 is 2.67 bits per heavy atom. The van der Waals surface area contributed by atoms with E-state index in [1.54, 1.807) is 0 Å². The average Bonchev–Trinajstić information content (AvgIpc) is 3.29. The summed E-state index contributed by atoms with van der Waals surface area (Å²) in [5, 5.41) is 4.92. The minimum Gasteiger partial charge on any atom is -0.343 e. The third-order valence-electron chi connectivity index (χ3n) is 5.93. The molecule has 1 saturated carbocycles. The molecular formula is C20H23N3O3S. The standard InChI is InChI=1S/C20H23N3O3S/c24-16-11-15(17-12-25-19(16)26-17)23-20(27)22(14-9-5-2-6-10-14)18(21-23)13-7-3-1-4-8-13/h1,3-4,7-8,14-15,17,19H,2,5-6,9-12H2. The van der Waals surface area contributed by atoms with Crippen molar-refractivity contribution in [3.8, 4) is 11.4 Å². The highest BCUT2D eigenvalue weighted by atomic mass is 32.1. The predicted octanol–water partition coefficient (Wildman–Crippen LogP) is 3.84. The zero-order valence-electron chi connectivity index (χ0n) is 15.1. The zero-order valence-corrected chi connectivity index (χ0v) is 15.9. The van der Waals surface area contributed by atoms with E-state index < -0.39 is 6.29 Å². The van der Waals surface area contributed by atoms with Crippen LogP contribution in [0.25, 0.3) is 11.4 Å². The largest absolute Gasteiger partial charge is 0.343 e. The lowest BCUT2D eigenvalue weighted by Gasteiger charge is -2.27. The molecule has 1 aromatic carbocycles. The van der Waals surface area contributed by atoms with Gasteiger partial charge >= 0.3 is 0 Å². The van der Waals surface area contributed by atoms with Crippen molar-refractivity contribution in [1.29, 1.82) is 0 Å². The summed E-state index contributed by atoms with van der Waals surface area (Å²) in [6.45, 7) is 0.416. The Kier molecular flexibility index (Phi) is 4.46. The number of carbonyl (C=O) groups is 1. The van der Waals surface area contributed by atoms with Crippen molar-refractivity contribution in [1.82, 2.24) is 14.3 Å². The molecule has 1 aromatic heterocycles. The first-order valence-corrected chi connectivity index (χ1v) is 10.2. The SMILES string of the molecule is O=C1CC(n2nc(-c3ccccc3)n(C3CCCCC3)c2=S)C2COC1O2. The number of ketones is 1. The number of ether oxygens (including phenoxy) is 2. The summed E-state index contributed by atoms with van der Waals surface area (Å²) < 4.78 is 16.0. The van der Waals surface area contributed by atoms with Gasteiger partial charge in [-0.15, -0.1) is 0 Å². The molecule has 2 saturated heterocycles. The molecule has 0 amide bonds. The lowest BCUT2D eigenvalue weighted by molar-refractivity contribution is -0.156. The summed E-state index contributed by atoms with van der Waals surface area (Å²) in [6, 6.07) is 10.3. The van der Waals surface area contributed by atoms with Gasteiger partial charge < -0.3 is 9.47 Å². The van der Waals surface area contributed by atoms with Crippen molar-refractivity contribution in [3.05, 3.63) is 35.1 Å². The van der Waals surface area contributed by atoms with Crippen LogP contribution in [0.3, 0.4) is 0 Å². The molecule has 2 aliphatic heterocycles. The molecule has 2 bridgehead atoms. The first kappa shape index (κ1) is 17.3. The van der Waals surface area contributed by atoms with E-state index in [9.17, 15) is 4.79 Å². The first-order valence-electron chi connectivity index (χ1n) is 9.78. The summed E-state index contributed by atoms with van der Waals surface area (Å²) in [7, 11) is 0. The number of nitrogens with zero attached hydrogens (tertiary/aromatic N) is 3. The van der Waals surface area contributed by atoms with Gasteiger partial charge in [0.25, 0.3) is 0 Å². The van der Waals surface area contributed by atoms with Crippen LogP contribution in [0, 0.1) is 4.77 Å². The van der Waals surface area contributed by atoms with Gasteiger partial charge in [0.15, 0.2) is 16.4 Å². The zero-order chi connectivity index (χ0) is 18.4. The highest BCUT2D eigenvalue weighted by Gasteiger charge is 2.45. The van der Waals surface area contributed by atoms with Gasteiger partial charge in [0.1, 0.15) is 6.10 Å². The second-order valence-corrected chi connectivity index (χ2v) is 8.02. The van der Waals surface area contributed by atoms with Crippen LogP contribution >= 0.6 is 12.2 Å². The molecule has 142 valence electrons. The molecule has 3 aliphatic rings. The molecule has 3 atom stereocenters. The highest BCUT2D eigenvalue weighted by Crippen LogP contribution is 2.37. The van der Waals surface area contributed by atoms with Gasteiger partial charge in [-0.3, -0.25) is 9.36 Å². The van der Waals surface area contributed by atoms with Crippen LogP contribution in [-0.4, -0.2) is 39.1 Å². The fraction of sp³-hybridized carbons (Fsp3) is 0.550. The number of fused-ring (bicyclic) bond motifs is 2. The van der Waals surface area contributed by atoms with E-state index in [0.29, 0.717) is 23.8 Å². The molecule has 6 nitrogen and oxygen atoms in total. The Balaban J connectivity index is 1.61. The Hall–Kier alpha value is -1.83. The van der Waals surface area contributed by atoms with E-state index in [4.69, 9.17) is 26.8 Å². The van der Waals surface area contributed by atoms with Crippen LogP contribution in [0.1, 0.15) is 50.6 Å². The summed E-state index contributed by atoms with van der Waals surface area (Å²) >= 11 is 5.88. The first-order chi connectivity index (χ1) is 13.2. The van der Waals surface area contributed by atoms with Gasteiger partial charge in [0, 0.05) is 18.0 Å². The van der Waals surface area contributed by atoms with Gasteiger partial charge in [-0.05, 0) is 25.1 Å². The van der Waals surface area contributed by atoms with Gasteiger partial charge in [-0.2, -0.15) is 5.10 Å². The summed E-state index contributed by atoms with van der Waals surface area (Å²) in [6.07, 6.45) is 5.45. The van der Waals surface area contributed by atoms with Crippen LogP contribution in [0.15, 0.2) is 30.3 Å². The molecule has 3 heterocycles. The number of benzene rings is 1. The van der Waals surface area contributed by atoms with Gasteiger partial charge in [0.05, 0.1) is 12.6 Å². The van der Waals surface area contributed by atoms with Crippen molar-refractivity contribution >= 4 is 18.0 Å². The van der Waals surface area contributed by atoms with E-state index in [-0.39, 0.29) is 17.9 Å². The lowest BCUT2D eigenvalue weighted by atomic mass is 9.95. The Morgan fingerprint density at radius 2 is 1.89 bits per heavy atom. The van der Waals surface area contributed by atoms with E-state index >= 15 is 0 Å². The smallest absolute Gasteiger partial charge is 0.218 e. The molecule has 0 N–H and O–H groups in total. The van der Waals surface area contributed by atoms with Crippen molar-refractivity contribution < 1.29 is 14.3 Å². The van der Waals surface area contributed by atoms with Crippen molar-refractivity contribution in [3.63, 3.8) is 0 Å². The second-order valence-electron chi connectivity index (χ2n) is 7.66. The van der Waals surface area contributed by atoms with Crippen LogP contribution in [0.2, 0.25) is 0 Å². The molecule has 3 fully saturated rings. The summed E-state index contributed by atoms with van der Waals surface area (Å²) in [4.78, 5) is 12.3. The number of carbonyl (C=O) groups excluding carboxylic acids is 1. The highest BCUT2D eigenvalue weighted by molar-refractivity contribution is 7.71. The molecule has 5 rings (SSSR count). The fourth-order valence-electron chi connectivity index (χ4n) is 4.53. The van der Waals surface area contributed by atoms with Crippen LogP contribution in [0.5, 0.6) is 0 Å². The van der Waals surface area contributed by atoms with Gasteiger partial charge in [0.2, 0.25) is 6.29 Å². The molecule has 1 aliphatic carbocycles. The summed E-state index contributed by atoms with van der Waals surface area (Å²) in [5.74, 6) is 0.866. The normalized spacial score (nSPS) is 28.6. The van der Waals surface area contributed by atoms with Crippen LogP contribution in [-0.2, 0) is 14.3 Å². The molecule has 3 unspecified atom stereocenters.